The Labute approximate surface area is 167 Å². The summed E-state index contributed by atoms with van der Waals surface area (Å²) in [6, 6.07) is 15.8. The monoisotopic (exact) mass is 392 g/mol. The number of carbonyl (C=O) groups excluding carboxylic acids is 1. The van der Waals surface area contributed by atoms with Gasteiger partial charge in [-0.1, -0.05) is 23.8 Å². The third-order valence-electron chi connectivity index (χ3n) is 4.13. The van der Waals surface area contributed by atoms with Gasteiger partial charge in [0.15, 0.2) is 0 Å². The van der Waals surface area contributed by atoms with E-state index in [0.717, 1.165) is 16.8 Å². The number of hydrogen-bond acceptors (Lipinski definition) is 6. The SMILES string of the molecule is Cc1ccc(NCC(=O)N/N=C\c2ccc(-c3ccc(C)cc3[N+](=O)[O-])o2)cc1. The van der Waals surface area contributed by atoms with E-state index in [1.807, 2.05) is 31.2 Å². The molecule has 29 heavy (non-hydrogen) atoms. The van der Waals surface area contributed by atoms with Crippen molar-refractivity contribution in [3.05, 3.63) is 81.6 Å². The van der Waals surface area contributed by atoms with Gasteiger partial charge in [-0.15, -0.1) is 0 Å². The molecule has 0 unspecified atom stereocenters. The van der Waals surface area contributed by atoms with Gasteiger partial charge in [0.1, 0.15) is 11.5 Å². The number of amides is 1. The largest absolute Gasteiger partial charge is 0.455 e. The van der Waals surface area contributed by atoms with Gasteiger partial charge in [0.25, 0.3) is 11.6 Å². The molecule has 0 saturated carbocycles. The number of anilines is 1. The molecule has 0 spiro atoms. The average Bonchev–Trinajstić information content (AvgIpc) is 3.16. The highest BCUT2D eigenvalue weighted by molar-refractivity contribution is 5.83. The number of hydrazone groups is 1. The fourth-order valence-electron chi connectivity index (χ4n) is 2.63. The van der Waals surface area contributed by atoms with Crippen molar-refractivity contribution in [3.63, 3.8) is 0 Å². The topological polar surface area (TPSA) is 110 Å². The summed E-state index contributed by atoms with van der Waals surface area (Å²) >= 11 is 0. The summed E-state index contributed by atoms with van der Waals surface area (Å²) in [6.45, 7) is 3.84. The number of nitro groups is 1. The van der Waals surface area contributed by atoms with E-state index in [1.54, 1.807) is 31.2 Å². The van der Waals surface area contributed by atoms with Gasteiger partial charge in [0.2, 0.25) is 0 Å². The number of aryl methyl sites for hydroxylation is 2. The molecule has 0 radical (unpaired) electrons. The molecule has 8 nitrogen and oxygen atoms in total. The van der Waals surface area contributed by atoms with Gasteiger partial charge in [-0.25, -0.2) is 5.43 Å². The van der Waals surface area contributed by atoms with Crippen molar-refractivity contribution < 1.29 is 14.1 Å². The van der Waals surface area contributed by atoms with Crippen LogP contribution in [0, 0.1) is 24.0 Å². The molecule has 1 aromatic heterocycles. The van der Waals surface area contributed by atoms with Crippen LogP contribution in [0.15, 0.2) is 64.1 Å². The normalized spacial score (nSPS) is 10.8. The lowest BCUT2D eigenvalue weighted by molar-refractivity contribution is -0.384. The molecular weight excluding hydrogens is 372 g/mol. The van der Waals surface area contributed by atoms with Crippen molar-refractivity contribution in [2.24, 2.45) is 5.10 Å². The van der Waals surface area contributed by atoms with E-state index in [9.17, 15) is 14.9 Å². The average molecular weight is 392 g/mol. The van der Waals surface area contributed by atoms with E-state index >= 15 is 0 Å². The molecule has 0 bridgehead atoms. The van der Waals surface area contributed by atoms with Crippen molar-refractivity contribution in [1.29, 1.82) is 0 Å². The summed E-state index contributed by atoms with van der Waals surface area (Å²) in [7, 11) is 0. The number of nitrogens with zero attached hydrogens (tertiary/aromatic N) is 2. The van der Waals surface area contributed by atoms with Gasteiger partial charge < -0.3 is 9.73 Å². The Hall–Kier alpha value is -3.94. The Morgan fingerprint density at radius 2 is 1.83 bits per heavy atom. The molecule has 0 atom stereocenters. The summed E-state index contributed by atoms with van der Waals surface area (Å²) in [5.41, 5.74) is 5.51. The Balaban J connectivity index is 1.59. The van der Waals surface area contributed by atoms with Crippen LogP contribution in [-0.4, -0.2) is 23.6 Å². The van der Waals surface area contributed by atoms with Crippen LogP contribution in [0.1, 0.15) is 16.9 Å². The Morgan fingerprint density at radius 3 is 2.55 bits per heavy atom. The molecule has 1 heterocycles. The number of benzene rings is 2. The zero-order valence-corrected chi connectivity index (χ0v) is 16.0. The lowest BCUT2D eigenvalue weighted by Crippen LogP contribution is -2.25. The molecular formula is C21H20N4O4. The van der Waals surface area contributed by atoms with Gasteiger partial charge in [-0.05, 0) is 49.7 Å². The number of furan rings is 1. The molecule has 0 saturated heterocycles. The van der Waals surface area contributed by atoms with Gasteiger partial charge in [0.05, 0.1) is 23.2 Å². The zero-order valence-electron chi connectivity index (χ0n) is 16.0. The van der Waals surface area contributed by atoms with Crippen LogP contribution in [0.3, 0.4) is 0 Å². The standard InChI is InChI=1S/C21H20N4O4/c1-14-3-6-16(7-4-14)22-13-21(26)24-23-12-17-8-10-20(29-17)18-9-5-15(2)11-19(18)25(27)28/h3-12,22H,13H2,1-2H3,(H,24,26)/b23-12-. The first-order valence-electron chi connectivity index (χ1n) is 8.90. The molecule has 8 heteroatoms. The minimum atomic E-state index is -0.445. The van der Waals surface area contributed by atoms with E-state index in [1.165, 1.54) is 12.3 Å². The lowest BCUT2D eigenvalue weighted by atomic mass is 10.1. The van der Waals surface area contributed by atoms with Crippen LogP contribution in [0.4, 0.5) is 11.4 Å². The number of nitrogens with one attached hydrogen (secondary N) is 2. The second kappa shape index (κ2) is 8.83. The highest BCUT2D eigenvalue weighted by Crippen LogP contribution is 2.31. The smallest absolute Gasteiger partial charge is 0.280 e. The molecule has 0 aliphatic carbocycles. The molecule has 148 valence electrons. The maximum absolute atomic E-state index is 11.9. The third kappa shape index (κ3) is 5.29. The predicted molar refractivity (Wildman–Crippen MR) is 111 cm³/mol. The van der Waals surface area contributed by atoms with Crippen LogP contribution < -0.4 is 10.7 Å². The molecule has 3 aromatic rings. The molecule has 1 amide bonds. The number of hydrogen-bond donors (Lipinski definition) is 2. The van der Waals surface area contributed by atoms with E-state index in [-0.39, 0.29) is 18.1 Å². The van der Waals surface area contributed by atoms with Gasteiger partial charge in [0, 0.05) is 11.8 Å². The van der Waals surface area contributed by atoms with Gasteiger partial charge in [-0.3, -0.25) is 14.9 Å². The van der Waals surface area contributed by atoms with Crippen LogP contribution in [0.25, 0.3) is 11.3 Å². The van der Waals surface area contributed by atoms with Crippen LogP contribution in [-0.2, 0) is 4.79 Å². The summed E-state index contributed by atoms with van der Waals surface area (Å²) < 4.78 is 5.60. The van der Waals surface area contributed by atoms with Crippen molar-refractivity contribution in [2.75, 3.05) is 11.9 Å². The molecule has 2 aromatic carbocycles. The van der Waals surface area contributed by atoms with E-state index in [2.05, 4.69) is 15.8 Å². The highest BCUT2D eigenvalue weighted by Gasteiger charge is 2.18. The minimum absolute atomic E-state index is 0.0293. The fourth-order valence-corrected chi connectivity index (χ4v) is 2.63. The van der Waals surface area contributed by atoms with E-state index in [4.69, 9.17) is 4.42 Å². The third-order valence-corrected chi connectivity index (χ3v) is 4.13. The quantitative estimate of drug-likeness (QED) is 0.358. The van der Waals surface area contributed by atoms with Gasteiger partial charge >= 0.3 is 0 Å². The van der Waals surface area contributed by atoms with Crippen LogP contribution >= 0.6 is 0 Å². The Bertz CT molecular complexity index is 1050. The number of carbonyl (C=O) groups is 1. The number of rotatable bonds is 7. The van der Waals surface area contributed by atoms with Crippen LogP contribution in [0.5, 0.6) is 0 Å². The maximum Gasteiger partial charge on any atom is 0.280 e. The van der Waals surface area contributed by atoms with Crippen molar-refractivity contribution in [1.82, 2.24) is 5.43 Å². The Morgan fingerprint density at radius 1 is 1.10 bits per heavy atom. The summed E-state index contributed by atoms with van der Waals surface area (Å²) in [4.78, 5) is 22.7. The lowest BCUT2D eigenvalue weighted by Gasteiger charge is -2.05. The second-order valence-electron chi connectivity index (χ2n) is 6.49. The first-order chi connectivity index (χ1) is 13.9. The van der Waals surface area contributed by atoms with E-state index in [0.29, 0.717) is 17.1 Å². The van der Waals surface area contributed by atoms with Crippen molar-refractivity contribution in [3.8, 4) is 11.3 Å². The zero-order chi connectivity index (χ0) is 20.8. The van der Waals surface area contributed by atoms with Crippen LogP contribution in [0.2, 0.25) is 0 Å². The summed E-state index contributed by atoms with van der Waals surface area (Å²) in [6.07, 6.45) is 1.34. The second-order valence-corrected chi connectivity index (χ2v) is 6.49. The first-order valence-corrected chi connectivity index (χ1v) is 8.90. The molecule has 0 aliphatic rings. The number of nitro benzene ring substituents is 1. The summed E-state index contributed by atoms with van der Waals surface area (Å²) in [5.74, 6) is 0.398. The highest BCUT2D eigenvalue weighted by atomic mass is 16.6. The molecule has 3 rings (SSSR count). The summed E-state index contributed by atoms with van der Waals surface area (Å²) in [5, 5.41) is 18.1. The van der Waals surface area contributed by atoms with Crippen molar-refractivity contribution >= 4 is 23.5 Å². The Kier molecular flexibility index (Phi) is 6.03. The maximum atomic E-state index is 11.9. The fraction of sp³-hybridized carbons (Fsp3) is 0.143. The molecule has 2 N–H and O–H groups in total. The van der Waals surface area contributed by atoms with Gasteiger partial charge in [-0.2, -0.15) is 5.10 Å². The molecule has 0 fully saturated rings. The van der Waals surface area contributed by atoms with E-state index < -0.39 is 4.92 Å². The first kappa shape index (κ1) is 19.8. The minimum Gasteiger partial charge on any atom is -0.455 e. The molecule has 0 aliphatic heterocycles. The predicted octanol–water partition coefficient (Wildman–Crippen LogP) is 4.03. The van der Waals surface area contributed by atoms with Crippen molar-refractivity contribution in [2.45, 2.75) is 13.8 Å².